The lowest BCUT2D eigenvalue weighted by molar-refractivity contribution is -0.142. The number of carbonyl (C=O) groups is 1. The van der Waals surface area contributed by atoms with E-state index in [1.807, 2.05) is 19.1 Å². The second kappa shape index (κ2) is 5.27. The van der Waals surface area contributed by atoms with Crippen LogP contribution in [0.1, 0.15) is 12.5 Å². The van der Waals surface area contributed by atoms with Crippen molar-refractivity contribution in [3.8, 4) is 0 Å². The van der Waals surface area contributed by atoms with E-state index in [9.17, 15) is 4.79 Å². The van der Waals surface area contributed by atoms with Gasteiger partial charge in [-0.3, -0.25) is 9.78 Å². The van der Waals surface area contributed by atoms with Crippen molar-refractivity contribution in [2.45, 2.75) is 13.3 Å². The molecule has 0 saturated carbocycles. The maximum Gasteiger partial charge on any atom is 0.308 e. The van der Waals surface area contributed by atoms with E-state index in [-0.39, 0.29) is 11.8 Å². The van der Waals surface area contributed by atoms with Gasteiger partial charge in [0.1, 0.15) is 0 Å². The van der Waals surface area contributed by atoms with Crippen LogP contribution in [0.25, 0.3) is 0 Å². The van der Waals surface area contributed by atoms with Crippen LogP contribution in [0.4, 0.5) is 0 Å². The molecule has 2 rings (SSSR count). The number of pyridine rings is 1. The number of rotatable bonds is 4. The molecule has 0 aliphatic carbocycles. The predicted octanol–water partition coefficient (Wildman–Crippen LogP) is 1.28. The number of carboxylic acids is 1. The quantitative estimate of drug-likeness (QED) is 0.852. The number of hydrogen-bond donors (Lipinski definition) is 1. The van der Waals surface area contributed by atoms with Crippen molar-refractivity contribution in [1.82, 2.24) is 9.88 Å². The summed E-state index contributed by atoms with van der Waals surface area (Å²) in [6.45, 7) is 4.52. The molecule has 0 unspecified atom stereocenters. The molecule has 1 N–H and O–H groups in total. The maximum absolute atomic E-state index is 11.0. The van der Waals surface area contributed by atoms with E-state index in [2.05, 4.69) is 9.88 Å². The SMILES string of the molecule is C[C@@H]1CN(CCc2ccncc2)C[C@H]1C(=O)O. The lowest BCUT2D eigenvalue weighted by Gasteiger charge is -2.14. The molecule has 2 atom stereocenters. The van der Waals surface area contributed by atoms with E-state index >= 15 is 0 Å². The normalized spacial score (nSPS) is 25.0. The van der Waals surface area contributed by atoms with Crippen molar-refractivity contribution in [1.29, 1.82) is 0 Å². The fraction of sp³-hybridized carbons (Fsp3) is 0.538. The van der Waals surface area contributed by atoms with Gasteiger partial charge < -0.3 is 10.0 Å². The summed E-state index contributed by atoms with van der Waals surface area (Å²) >= 11 is 0. The van der Waals surface area contributed by atoms with E-state index in [1.54, 1.807) is 12.4 Å². The van der Waals surface area contributed by atoms with Gasteiger partial charge in [0.05, 0.1) is 5.92 Å². The molecule has 4 heteroatoms. The van der Waals surface area contributed by atoms with Crippen molar-refractivity contribution in [3.63, 3.8) is 0 Å². The summed E-state index contributed by atoms with van der Waals surface area (Å²) in [5.41, 5.74) is 1.26. The summed E-state index contributed by atoms with van der Waals surface area (Å²) < 4.78 is 0. The van der Waals surface area contributed by atoms with Crippen LogP contribution in [-0.2, 0) is 11.2 Å². The third-order valence-electron chi connectivity index (χ3n) is 3.47. The van der Waals surface area contributed by atoms with Crippen LogP contribution in [0, 0.1) is 11.8 Å². The molecule has 1 saturated heterocycles. The van der Waals surface area contributed by atoms with Gasteiger partial charge in [-0.2, -0.15) is 0 Å². The molecule has 1 fully saturated rings. The molecule has 0 amide bonds. The summed E-state index contributed by atoms with van der Waals surface area (Å²) in [5, 5.41) is 9.05. The van der Waals surface area contributed by atoms with E-state index in [1.165, 1.54) is 5.56 Å². The number of likely N-dealkylation sites (tertiary alicyclic amines) is 1. The van der Waals surface area contributed by atoms with Crippen LogP contribution < -0.4 is 0 Å². The summed E-state index contributed by atoms with van der Waals surface area (Å²) in [7, 11) is 0. The molecule has 2 heterocycles. The Morgan fingerprint density at radius 2 is 2.18 bits per heavy atom. The van der Waals surface area contributed by atoms with Gasteiger partial charge in [-0.05, 0) is 30.0 Å². The Hall–Kier alpha value is -1.42. The van der Waals surface area contributed by atoms with Crippen molar-refractivity contribution in [3.05, 3.63) is 30.1 Å². The summed E-state index contributed by atoms with van der Waals surface area (Å²) in [6.07, 6.45) is 4.55. The minimum absolute atomic E-state index is 0.201. The van der Waals surface area contributed by atoms with Gasteiger partial charge in [-0.1, -0.05) is 6.92 Å². The van der Waals surface area contributed by atoms with Crippen LogP contribution in [0.15, 0.2) is 24.5 Å². The third kappa shape index (κ3) is 3.03. The molecule has 0 bridgehead atoms. The number of hydrogen-bond acceptors (Lipinski definition) is 3. The van der Waals surface area contributed by atoms with Crippen LogP contribution in [0.2, 0.25) is 0 Å². The zero-order valence-corrected chi connectivity index (χ0v) is 10.0. The van der Waals surface area contributed by atoms with Gasteiger partial charge in [0.25, 0.3) is 0 Å². The zero-order chi connectivity index (χ0) is 12.3. The highest BCUT2D eigenvalue weighted by Crippen LogP contribution is 2.23. The topological polar surface area (TPSA) is 53.4 Å². The molecule has 0 spiro atoms. The Kier molecular flexibility index (Phi) is 3.74. The van der Waals surface area contributed by atoms with Gasteiger partial charge in [0, 0.05) is 32.0 Å². The second-order valence-corrected chi connectivity index (χ2v) is 4.79. The van der Waals surface area contributed by atoms with Gasteiger partial charge >= 0.3 is 5.97 Å². The molecule has 0 radical (unpaired) electrons. The number of carboxylic acid groups (broad SMARTS) is 1. The van der Waals surface area contributed by atoms with Gasteiger partial charge in [-0.25, -0.2) is 0 Å². The monoisotopic (exact) mass is 234 g/mol. The van der Waals surface area contributed by atoms with Crippen LogP contribution >= 0.6 is 0 Å². The number of nitrogens with zero attached hydrogens (tertiary/aromatic N) is 2. The smallest absolute Gasteiger partial charge is 0.308 e. The number of aliphatic carboxylic acids is 1. The first-order valence-electron chi connectivity index (χ1n) is 6.01. The first-order chi connectivity index (χ1) is 8.16. The molecule has 92 valence electrons. The second-order valence-electron chi connectivity index (χ2n) is 4.79. The van der Waals surface area contributed by atoms with Crippen molar-refractivity contribution in [2.24, 2.45) is 11.8 Å². The van der Waals surface area contributed by atoms with E-state index in [4.69, 9.17) is 5.11 Å². The van der Waals surface area contributed by atoms with Crippen molar-refractivity contribution < 1.29 is 9.90 Å². The average Bonchev–Trinajstić information content (AvgIpc) is 2.69. The van der Waals surface area contributed by atoms with Gasteiger partial charge in [-0.15, -0.1) is 0 Å². The molecule has 1 aliphatic heterocycles. The van der Waals surface area contributed by atoms with E-state index < -0.39 is 5.97 Å². The fourth-order valence-electron chi connectivity index (χ4n) is 2.41. The first kappa shape index (κ1) is 12.0. The Bertz CT molecular complexity index is 380. The van der Waals surface area contributed by atoms with Crippen molar-refractivity contribution in [2.75, 3.05) is 19.6 Å². The third-order valence-corrected chi connectivity index (χ3v) is 3.47. The maximum atomic E-state index is 11.0. The molecule has 1 aliphatic rings. The summed E-state index contributed by atoms with van der Waals surface area (Å²) in [4.78, 5) is 17.2. The molecular formula is C13H18N2O2. The molecule has 17 heavy (non-hydrogen) atoms. The molecular weight excluding hydrogens is 216 g/mol. The van der Waals surface area contributed by atoms with Crippen LogP contribution in [-0.4, -0.2) is 40.6 Å². The fourth-order valence-corrected chi connectivity index (χ4v) is 2.41. The molecule has 0 aromatic carbocycles. The zero-order valence-electron chi connectivity index (χ0n) is 10.0. The Balaban J connectivity index is 1.84. The Labute approximate surface area is 101 Å². The lowest BCUT2D eigenvalue weighted by Crippen LogP contribution is -2.25. The predicted molar refractivity (Wildman–Crippen MR) is 64.7 cm³/mol. The summed E-state index contributed by atoms with van der Waals surface area (Å²) in [6, 6.07) is 4.02. The van der Waals surface area contributed by atoms with Gasteiger partial charge in [0.2, 0.25) is 0 Å². The van der Waals surface area contributed by atoms with E-state index in [0.717, 1.165) is 19.5 Å². The highest BCUT2D eigenvalue weighted by Gasteiger charge is 2.34. The van der Waals surface area contributed by atoms with E-state index in [0.29, 0.717) is 6.54 Å². The Morgan fingerprint density at radius 3 is 2.76 bits per heavy atom. The lowest BCUT2D eigenvalue weighted by atomic mass is 9.99. The standard InChI is InChI=1S/C13H18N2O2/c1-10-8-15(9-12(10)13(16)17)7-4-11-2-5-14-6-3-11/h2-3,5-6,10,12H,4,7-9H2,1H3,(H,16,17)/t10-,12-/m1/s1. The minimum Gasteiger partial charge on any atom is -0.481 e. The summed E-state index contributed by atoms with van der Waals surface area (Å²) in [5.74, 6) is -0.610. The molecule has 1 aromatic rings. The Morgan fingerprint density at radius 1 is 1.47 bits per heavy atom. The highest BCUT2D eigenvalue weighted by atomic mass is 16.4. The largest absolute Gasteiger partial charge is 0.481 e. The van der Waals surface area contributed by atoms with Crippen LogP contribution in [0.3, 0.4) is 0 Å². The highest BCUT2D eigenvalue weighted by molar-refractivity contribution is 5.71. The average molecular weight is 234 g/mol. The first-order valence-corrected chi connectivity index (χ1v) is 6.01. The molecule has 4 nitrogen and oxygen atoms in total. The van der Waals surface area contributed by atoms with Crippen LogP contribution in [0.5, 0.6) is 0 Å². The van der Waals surface area contributed by atoms with Crippen molar-refractivity contribution >= 4 is 5.97 Å². The molecule has 1 aromatic heterocycles. The number of aromatic nitrogens is 1. The van der Waals surface area contributed by atoms with Gasteiger partial charge in [0.15, 0.2) is 0 Å². The minimum atomic E-state index is -0.663.